The first kappa shape index (κ1) is 16.5. The van der Waals surface area contributed by atoms with Crippen molar-refractivity contribution in [3.63, 3.8) is 0 Å². The number of aryl methyl sites for hydroxylation is 1. The van der Waals surface area contributed by atoms with Crippen LogP contribution < -0.4 is 0 Å². The van der Waals surface area contributed by atoms with Crippen LogP contribution in [0.4, 0.5) is 13.2 Å². The Morgan fingerprint density at radius 3 is 2.40 bits per heavy atom. The Kier molecular flexibility index (Phi) is 4.80. The summed E-state index contributed by atoms with van der Waals surface area (Å²) in [5.74, 6) is -1.95. The molecule has 0 radical (unpaired) electrons. The Bertz CT molecular complexity index is 606. The maximum atomic E-state index is 12.0. The Balaban J connectivity index is 2.93. The third-order valence-corrected chi connectivity index (χ3v) is 4.47. The van der Waals surface area contributed by atoms with Gasteiger partial charge in [0.05, 0.1) is 16.2 Å². The summed E-state index contributed by atoms with van der Waals surface area (Å²) < 4.78 is 59.6. The van der Waals surface area contributed by atoms with Crippen LogP contribution in [-0.2, 0) is 9.84 Å². The minimum absolute atomic E-state index is 0.179. The third kappa shape index (κ3) is 4.52. The number of benzene rings is 1. The molecule has 0 spiro atoms. The van der Waals surface area contributed by atoms with Gasteiger partial charge in [0.25, 0.3) is 0 Å². The zero-order valence-electron chi connectivity index (χ0n) is 10.6. The normalized spacial score (nSPS) is 12.4. The molecule has 0 aliphatic rings. The first-order valence-corrected chi connectivity index (χ1v) is 7.31. The van der Waals surface area contributed by atoms with Crippen LogP contribution in [0.5, 0.6) is 0 Å². The molecule has 0 saturated carbocycles. The third-order valence-electron chi connectivity index (χ3n) is 2.67. The Morgan fingerprint density at radius 2 is 1.90 bits per heavy atom. The number of sulfone groups is 1. The molecule has 0 heterocycles. The van der Waals surface area contributed by atoms with Crippen LogP contribution >= 0.6 is 0 Å². The molecular formula is C12H13F3O4S. The fourth-order valence-corrected chi connectivity index (χ4v) is 2.94. The van der Waals surface area contributed by atoms with E-state index in [1.54, 1.807) is 0 Å². The number of hydrogen-bond acceptors (Lipinski definition) is 3. The van der Waals surface area contributed by atoms with Gasteiger partial charge in [0.1, 0.15) is 0 Å². The van der Waals surface area contributed by atoms with E-state index in [1.807, 2.05) is 0 Å². The molecule has 0 saturated heterocycles. The van der Waals surface area contributed by atoms with Crippen LogP contribution in [-0.4, -0.2) is 31.4 Å². The van der Waals surface area contributed by atoms with Crippen molar-refractivity contribution in [3.05, 3.63) is 29.3 Å². The fraction of sp³-hybridized carbons (Fsp3) is 0.417. The van der Waals surface area contributed by atoms with Crippen molar-refractivity contribution < 1.29 is 31.5 Å². The number of alkyl halides is 3. The molecule has 4 nitrogen and oxygen atoms in total. The predicted octanol–water partition coefficient (Wildman–Crippen LogP) is 2.81. The van der Waals surface area contributed by atoms with Crippen molar-refractivity contribution in [2.24, 2.45) is 0 Å². The van der Waals surface area contributed by atoms with Crippen molar-refractivity contribution in [2.45, 2.75) is 30.8 Å². The Labute approximate surface area is 114 Å². The summed E-state index contributed by atoms with van der Waals surface area (Å²) in [4.78, 5) is 10.6. The molecule has 8 heteroatoms. The van der Waals surface area contributed by atoms with Gasteiger partial charge in [-0.3, -0.25) is 0 Å². The van der Waals surface area contributed by atoms with Gasteiger partial charge in [-0.2, -0.15) is 13.2 Å². The van der Waals surface area contributed by atoms with Crippen LogP contribution in [0, 0.1) is 6.92 Å². The molecular weight excluding hydrogens is 297 g/mol. The maximum absolute atomic E-state index is 12.0. The lowest BCUT2D eigenvalue weighted by atomic mass is 10.1. The SMILES string of the molecule is Cc1ccc(S(=O)(=O)CCCC(F)(F)F)cc1C(=O)O. The number of carboxylic acids is 1. The number of hydrogen-bond donors (Lipinski definition) is 1. The second-order valence-electron chi connectivity index (χ2n) is 4.32. The molecule has 1 aromatic carbocycles. The summed E-state index contributed by atoms with van der Waals surface area (Å²) in [5.41, 5.74) is 0.202. The minimum Gasteiger partial charge on any atom is -0.478 e. The van der Waals surface area contributed by atoms with E-state index in [-0.39, 0.29) is 10.5 Å². The average molecular weight is 310 g/mol. The Morgan fingerprint density at radius 1 is 1.30 bits per heavy atom. The van der Waals surface area contributed by atoms with E-state index in [4.69, 9.17) is 5.11 Å². The number of halogens is 3. The largest absolute Gasteiger partial charge is 0.478 e. The zero-order valence-corrected chi connectivity index (χ0v) is 11.4. The molecule has 0 aliphatic carbocycles. The number of carboxylic acid groups (broad SMARTS) is 1. The van der Waals surface area contributed by atoms with Crippen molar-refractivity contribution in [2.75, 3.05) is 5.75 Å². The van der Waals surface area contributed by atoms with Crippen LogP contribution in [0.1, 0.15) is 28.8 Å². The highest BCUT2D eigenvalue weighted by Gasteiger charge is 2.28. The van der Waals surface area contributed by atoms with E-state index < -0.39 is 40.6 Å². The fourth-order valence-electron chi connectivity index (χ4n) is 1.61. The van der Waals surface area contributed by atoms with Gasteiger partial charge >= 0.3 is 12.1 Å². The highest BCUT2D eigenvalue weighted by atomic mass is 32.2. The molecule has 20 heavy (non-hydrogen) atoms. The molecule has 0 atom stereocenters. The van der Waals surface area contributed by atoms with Crippen LogP contribution in [0.2, 0.25) is 0 Å². The lowest BCUT2D eigenvalue weighted by molar-refractivity contribution is -0.134. The summed E-state index contributed by atoms with van der Waals surface area (Å²) in [6.07, 6.45) is -6.15. The Hall–Kier alpha value is -1.57. The van der Waals surface area contributed by atoms with Crippen molar-refractivity contribution in [1.29, 1.82) is 0 Å². The predicted molar refractivity (Wildman–Crippen MR) is 65.5 cm³/mol. The van der Waals surface area contributed by atoms with E-state index >= 15 is 0 Å². The van der Waals surface area contributed by atoms with E-state index in [2.05, 4.69) is 0 Å². The molecule has 0 aromatic heterocycles. The topological polar surface area (TPSA) is 71.4 Å². The van der Waals surface area contributed by atoms with Gasteiger partial charge in [-0.1, -0.05) is 6.07 Å². The molecule has 1 N–H and O–H groups in total. The van der Waals surface area contributed by atoms with Gasteiger partial charge in [-0.25, -0.2) is 13.2 Å². The summed E-state index contributed by atoms with van der Waals surface area (Å²) in [6, 6.07) is 3.49. The van der Waals surface area contributed by atoms with Gasteiger partial charge < -0.3 is 5.11 Å². The van der Waals surface area contributed by atoms with Crippen molar-refractivity contribution in [3.8, 4) is 0 Å². The molecule has 112 valence electrons. The highest BCUT2D eigenvalue weighted by molar-refractivity contribution is 7.91. The second kappa shape index (κ2) is 5.82. The number of carbonyl (C=O) groups is 1. The van der Waals surface area contributed by atoms with E-state index in [9.17, 15) is 26.4 Å². The smallest absolute Gasteiger partial charge is 0.389 e. The molecule has 1 aromatic rings. The summed E-state index contributed by atoms with van der Waals surface area (Å²) in [6.45, 7) is 1.50. The van der Waals surface area contributed by atoms with Crippen LogP contribution in [0.15, 0.2) is 23.1 Å². The molecule has 1 rings (SSSR count). The highest BCUT2D eigenvalue weighted by Crippen LogP contribution is 2.23. The summed E-state index contributed by atoms with van der Waals surface area (Å²) >= 11 is 0. The van der Waals surface area contributed by atoms with Crippen LogP contribution in [0.3, 0.4) is 0 Å². The summed E-state index contributed by atoms with van der Waals surface area (Å²) in [5, 5.41) is 8.89. The monoisotopic (exact) mass is 310 g/mol. The second-order valence-corrected chi connectivity index (χ2v) is 6.43. The minimum atomic E-state index is -4.41. The van der Waals surface area contributed by atoms with E-state index in [0.29, 0.717) is 5.56 Å². The molecule has 0 unspecified atom stereocenters. The van der Waals surface area contributed by atoms with Crippen molar-refractivity contribution >= 4 is 15.8 Å². The molecule has 0 amide bonds. The lowest BCUT2D eigenvalue weighted by Crippen LogP contribution is -2.13. The molecule has 0 aliphatic heterocycles. The maximum Gasteiger partial charge on any atom is 0.389 e. The van der Waals surface area contributed by atoms with Gasteiger partial charge in [0.15, 0.2) is 9.84 Å². The molecule has 0 fully saturated rings. The number of aromatic carboxylic acids is 1. The van der Waals surface area contributed by atoms with Gasteiger partial charge in [-0.05, 0) is 31.0 Å². The quantitative estimate of drug-likeness (QED) is 0.907. The van der Waals surface area contributed by atoms with Gasteiger partial charge in [0.2, 0.25) is 0 Å². The standard InChI is InChI=1S/C12H13F3O4S/c1-8-3-4-9(7-10(8)11(16)17)20(18,19)6-2-5-12(13,14)15/h3-4,7H,2,5-6H2,1H3,(H,16,17). The number of rotatable bonds is 5. The first-order valence-electron chi connectivity index (χ1n) is 5.66. The summed E-state index contributed by atoms with van der Waals surface area (Å²) in [7, 11) is -3.92. The van der Waals surface area contributed by atoms with Crippen molar-refractivity contribution in [1.82, 2.24) is 0 Å². The lowest BCUT2D eigenvalue weighted by Gasteiger charge is -2.08. The van der Waals surface area contributed by atoms with Gasteiger partial charge in [0, 0.05) is 6.42 Å². The zero-order chi connectivity index (χ0) is 15.6. The van der Waals surface area contributed by atoms with Crippen LogP contribution in [0.25, 0.3) is 0 Å². The van der Waals surface area contributed by atoms with E-state index in [0.717, 1.165) is 6.07 Å². The average Bonchev–Trinajstić information content (AvgIpc) is 2.26. The first-order chi connectivity index (χ1) is 9.03. The van der Waals surface area contributed by atoms with E-state index in [1.165, 1.54) is 19.1 Å². The van der Waals surface area contributed by atoms with Gasteiger partial charge in [-0.15, -0.1) is 0 Å². The molecule has 0 bridgehead atoms.